The smallest absolute Gasteiger partial charge is 0.0943 e. The number of aryl methyl sites for hydroxylation is 1. The van der Waals surface area contributed by atoms with E-state index in [4.69, 9.17) is 5.73 Å². The van der Waals surface area contributed by atoms with Gasteiger partial charge in [0.05, 0.1) is 5.01 Å². The Morgan fingerprint density at radius 1 is 1.47 bits per heavy atom. The van der Waals surface area contributed by atoms with Gasteiger partial charge in [-0.1, -0.05) is 6.07 Å². The van der Waals surface area contributed by atoms with Gasteiger partial charge in [0.25, 0.3) is 0 Å². The molecule has 2 aromatic heterocycles. The first-order chi connectivity index (χ1) is 7.25. The van der Waals surface area contributed by atoms with Crippen LogP contribution in [0.3, 0.4) is 0 Å². The van der Waals surface area contributed by atoms with Gasteiger partial charge in [0, 0.05) is 36.4 Å². The largest absolute Gasteiger partial charge is 0.324 e. The fourth-order valence-electron chi connectivity index (χ4n) is 1.44. The number of thiazole rings is 1. The monoisotopic (exact) mass is 219 g/mol. The van der Waals surface area contributed by atoms with Gasteiger partial charge in [-0.05, 0) is 18.1 Å². The number of pyridine rings is 1. The second kappa shape index (κ2) is 4.51. The van der Waals surface area contributed by atoms with Gasteiger partial charge >= 0.3 is 0 Å². The van der Waals surface area contributed by atoms with E-state index in [2.05, 4.69) is 16.0 Å². The second-order valence-corrected chi connectivity index (χ2v) is 4.51. The van der Waals surface area contributed by atoms with Crippen LogP contribution in [0, 0.1) is 6.92 Å². The minimum absolute atomic E-state index is 0.0106. The van der Waals surface area contributed by atoms with Crippen LogP contribution < -0.4 is 5.73 Å². The van der Waals surface area contributed by atoms with Crippen LogP contribution in [0.4, 0.5) is 0 Å². The Kier molecular flexibility index (Phi) is 3.08. The van der Waals surface area contributed by atoms with Crippen molar-refractivity contribution in [3.8, 4) is 0 Å². The highest BCUT2D eigenvalue weighted by atomic mass is 32.1. The highest BCUT2D eigenvalue weighted by molar-refractivity contribution is 7.09. The van der Waals surface area contributed by atoms with E-state index in [0.29, 0.717) is 0 Å². The molecule has 0 amide bonds. The van der Waals surface area contributed by atoms with Crippen LogP contribution >= 0.6 is 11.3 Å². The molecule has 0 aliphatic carbocycles. The van der Waals surface area contributed by atoms with Crippen LogP contribution in [0.15, 0.2) is 30.0 Å². The number of rotatable bonds is 3. The lowest BCUT2D eigenvalue weighted by Gasteiger charge is -2.10. The summed E-state index contributed by atoms with van der Waals surface area (Å²) in [4.78, 5) is 8.36. The molecule has 2 rings (SSSR count). The third kappa shape index (κ3) is 2.61. The Labute approximate surface area is 93.0 Å². The Hall–Kier alpha value is -1.26. The van der Waals surface area contributed by atoms with Crippen molar-refractivity contribution < 1.29 is 0 Å². The molecule has 1 unspecified atom stereocenters. The zero-order chi connectivity index (χ0) is 10.7. The summed E-state index contributed by atoms with van der Waals surface area (Å²) in [5.74, 6) is 0. The molecule has 78 valence electrons. The van der Waals surface area contributed by atoms with Crippen molar-refractivity contribution in [1.29, 1.82) is 0 Å². The molecule has 4 heteroatoms. The summed E-state index contributed by atoms with van der Waals surface area (Å²) in [6, 6.07) is 2.06. The van der Waals surface area contributed by atoms with Gasteiger partial charge in [0.1, 0.15) is 0 Å². The fraction of sp³-hybridized carbons (Fsp3) is 0.273. The first kappa shape index (κ1) is 10.3. The zero-order valence-corrected chi connectivity index (χ0v) is 9.37. The molecule has 0 bridgehead atoms. The summed E-state index contributed by atoms with van der Waals surface area (Å²) >= 11 is 1.64. The third-order valence-corrected chi connectivity index (χ3v) is 3.00. The minimum Gasteiger partial charge on any atom is -0.324 e. The van der Waals surface area contributed by atoms with Gasteiger partial charge < -0.3 is 5.73 Å². The van der Waals surface area contributed by atoms with E-state index in [9.17, 15) is 0 Å². The lowest BCUT2D eigenvalue weighted by Crippen LogP contribution is -2.13. The van der Waals surface area contributed by atoms with Crippen LogP contribution in [0.5, 0.6) is 0 Å². The van der Waals surface area contributed by atoms with Gasteiger partial charge in [-0.2, -0.15) is 0 Å². The SMILES string of the molecule is Cc1cncc(C(N)Cc2nccs2)c1. The minimum atomic E-state index is -0.0106. The maximum atomic E-state index is 6.08. The maximum Gasteiger partial charge on any atom is 0.0943 e. The summed E-state index contributed by atoms with van der Waals surface area (Å²) < 4.78 is 0. The van der Waals surface area contributed by atoms with E-state index in [1.54, 1.807) is 17.5 Å². The zero-order valence-electron chi connectivity index (χ0n) is 8.55. The van der Waals surface area contributed by atoms with E-state index in [-0.39, 0.29) is 6.04 Å². The second-order valence-electron chi connectivity index (χ2n) is 3.53. The summed E-state index contributed by atoms with van der Waals surface area (Å²) in [7, 11) is 0. The number of nitrogens with zero attached hydrogens (tertiary/aromatic N) is 2. The van der Waals surface area contributed by atoms with Gasteiger partial charge in [-0.15, -0.1) is 11.3 Å². The van der Waals surface area contributed by atoms with E-state index < -0.39 is 0 Å². The molecule has 0 saturated heterocycles. The lowest BCUT2D eigenvalue weighted by molar-refractivity contribution is 0.713. The van der Waals surface area contributed by atoms with Crippen molar-refractivity contribution in [2.45, 2.75) is 19.4 Å². The number of hydrogen-bond acceptors (Lipinski definition) is 4. The third-order valence-electron chi connectivity index (χ3n) is 2.20. The highest BCUT2D eigenvalue weighted by Gasteiger charge is 2.08. The first-order valence-corrected chi connectivity index (χ1v) is 5.69. The van der Waals surface area contributed by atoms with Crippen LogP contribution in [0.1, 0.15) is 22.2 Å². The molecule has 2 aromatic rings. The maximum absolute atomic E-state index is 6.08. The van der Waals surface area contributed by atoms with E-state index in [0.717, 1.165) is 22.6 Å². The van der Waals surface area contributed by atoms with Gasteiger partial charge in [-0.25, -0.2) is 4.98 Å². The lowest BCUT2D eigenvalue weighted by atomic mass is 10.1. The molecule has 0 saturated carbocycles. The first-order valence-electron chi connectivity index (χ1n) is 4.81. The van der Waals surface area contributed by atoms with Crippen LogP contribution in [0.2, 0.25) is 0 Å². The van der Waals surface area contributed by atoms with Crippen molar-refractivity contribution in [3.05, 3.63) is 46.2 Å². The van der Waals surface area contributed by atoms with Crippen molar-refractivity contribution in [1.82, 2.24) is 9.97 Å². The van der Waals surface area contributed by atoms with Gasteiger partial charge in [0.2, 0.25) is 0 Å². The summed E-state index contributed by atoms with van der Waals surface area (Å²) in [5.41, 5.74) is 8.30. The summed E-state index contributed by atoms with van der Waals surface area (Å²) in [6.07, 6.45) is 6.24. The number of aromatic nitrogens is 2. The number of hydrogen-bond donors (Lipinski definition) is 1. The Morgan fingerprint density at radius 2 is 2.33 bits per heavy atom. The molecule has 0 aromatic carbocycles. The molecule has 2 N–H and O–H groups in total. The summed E-state index contributed by atoms with van der Waals surface area (Å²) in [5, 5.41) is 3.04. The molecule has 3 nitrogen and oxygen atoms in total. The molecule has 15 heavy (non-hydrogen) atoms. The van der Waals surface area contributed by atoms with Crippen molar-refractivity contribution in [2.75, 3.05) is 0 Å². The Bertz CT molecular complexity index is 425. The topological polar surface area (TPSA) is 51.8 Å². The van der Waals surface area contributed by atoms with E-state index in [1.807, 2.05) is 24.7 Å². The van der Waals surface area contributed by atoms with Gasteiger partial charge in [-0.3, -0.25) is 4.98 Å². The average Bonchev–Trinajstić information content (AvgIpc) is 2.70. The normalized spacial score (nSPS) is 12.7. The quantitative estimate of drug-likeness (QED) is 0.860. The van der Waals surface area contributed by atoms with Gasteiger partial charge in [0.15, 0.2) is 0 Å². The molecule has 0 aliphatic rings. The van der Waals surface area contributed by atoms with E-state index in [1.165, 1.54) is 0 Å². The molecule has 2 heterocycles. The molecule has 0 aliphatic heterocycles. The van der Waals surface area contributed by atoms with Crippen molar-refractivity contribution >= 4 is 11.3 Å². The Morgan fingerprint density at radius 3 is 3.00 bits per heavy atom. The van der Waals surface area contributed by atoms with Crippen LogP contribution in [0.25, 0.3) is 0 Å². The molecular formula is C11H13N3S. The van der Waals surface area contributed by atoms with Crippen molar-refractivity contribution in [3.63, 3.8) is 0 Å². The summed E-state index contributed by atoms with van der Waals surface area (Å²) in [6.45, 7) is 2.02. The average molecular weight is 219 g/mol. The predicted octanol–water partition coefficient (Wildman–Crippen LogP) is 2.09. The van der Waals surface area contributed by atoms with Crippen molar-refractivity contribution in [2.24, 2.45) is 5.73 Å². The van der Waals surface area contributed by atoms with Crippen LogP contribution in [-0.2, 0) is 6.42 Å². The van der Waals surface area contributed by atoms with E-state index >= 15 is 0 Å². The molecule has 0 spiro atoms. The molecule has 0 radical (unpaired) electrons. The predicted molar refractivity (Wildman–Crippen MR) is 61.7 cm³/mol. The van der Waals surface area contributed by atoms with Crippen LogP contribution in [-0.4, -0.2) is 9.97 Å². The number of nitrogens with two attached hydrogens (primary N) is 1. The Balaban J connectivity index is 2.11. The highest BCUT2D eigenvalue weighted by Crippen LogP contribution is 2.17. The fourth-order valence-corrected chi connectivity index (χ4v) is 2.12. The standard InChI is InChI=1S/C11H13N3S/c1-8-4-9(7-13-6-8)10(12)5-11-14-2-3-15-11/h2-4,6-7,10H,5,12H2,1H3. The molecular weight excluding hydrogens is 206 g/mol. The molecule has 1 atom stereocenters. The molecule has 0 fully saturated rings.